The molecule has 25 heavy (non-hydrogen) atoms. The SMILES string of the molecule is COC(=O)c1cccc(NC(=O)C(C)Oc2ccc(Cl)cc2Cl)c1O. The van der Waals surface area contributed by atoms with Crippen LogP contribution < -0.4 is 10.1 Å². The lowest BCUT2D eigenvalue weighted by molar-refractivity contribution is -0.122. The van der Waals surface area contributed by atoms with E-state index in [1.165, 1.54) is 38.3 Å². The smallest absolute Gasteiger partial charge is 0.341 e. The van der Waals surface area contributed by atoms with Crippen molar-refractivity contribution >= 4 is 40.8 Å². The molecule has 2 rings (SSSR count). The Hall–Kier alpha value is -2.44. The summed E-state index contributed by atoms with van der Waals surface area (Å²) >= 11 is 11.8. The number of aromatic hydroxyl groups is 1. The Kier molecular flexibility index (Phi) is 6.12. The molecule has 0 aromatic heterocycles. The number of benzene rings is 2. The van der Waals surface area contributed by atoms with Crippen molar-refractivity contribution in [2.24, 2.45) is 0 Å². The number of amides is 1. The van der Waals surface area contributed by atoms with Crippen LogP contribution in [0.25, 0.3) is 0 Å². The number of phenols is 1. The van der Waals surface area contributed by atoms with Crippen molar-refractivity contribution in [2.75, 3.05) is 12.4 Å². The number of nitrogens with one attached hydrogen (secondary N) is 1. The molecule has 1 amide bonds. The summed E-state index contributed by atoms with van der Waals surface area (Å²) in [7, 11) is 1.19. The minimum Gasteiger partial charge on any atom is -0.505 e. The minimum absolute atomic E-state index is 0.0605. The van der Waals surface area contributed by atoms with Gasteiger partial charge < -0.3 is 19.9 Å². The minimum atomic E-state index is -0.917. The van der Waals surface area contributed by atoms with E-state index < -0.39 is 18.0 Å². The Morgan fingerprint density at radius 1 is 1.20 bits per heavy atom. The van der Waals surface area contributed by atoms with Crippen LogP contribution >= 0.6 is 23.2 Å². The number of ether oxygens (including phenoxy) is 2. The first-order valence-corrected chi connectivity index (χ1v) is 7.92. The van der Waals surface area contributed by atoms with E-state index in [0.29, 0.717) is 10.8 Å². The Bertz CT molecular complexity index is 810. The van der Waals surface area contributed by atoms with Crippen molar-refractivity contribution in [3.05, 3.63) is 52.0 Å². The van der Waals surface area contributed by atoms with Crippen molar-refractivity contribution in [1.82, 2.24) is 0 Å². The van der Waals surface area contributed by atoms with Gasteiger partial charge >= 0.3 is 5.97 Å². The molecule has 0 heterocycles. The lowest BCUT2D eigenvalue weighted by Gasteiger charge is -2.16. The van der Waals surface area contributed by atoms with Crippen LogP contribution in [0.15, 0.2) is 36.4 Å². The molecule has 0 saturated carbocycles. The van der Waals surface area contributed by atoms with Crippen molar-refractivity contribution < 1.29 is 24.2 Å². The number of hydrogen-bond donors (Lipinski definition) is 2. The summed E-state index contributed by atoms with van der Waals surface area (Å²) in [6.07, 6.45) is -0.917. The summed E-state index contributed by atoms with van der Waals surface area (Å²) in [5, 5.41) is 13.3. The standard InChI is InChI=1S/C17H15Cl2NO5/c1-9(25-14-7-6-10(18)8-12(14)19)16(22)20-13-5-3-4-11(15(13)21)17(23)24-2/h3-9,21H,1-2H3,(H,20,22). The topological polar surface area (TPSA) is 84.9 Å². The van der Waals surface area contributed by atoms with Crippen molar-refractivity contribution in [3.63, 3.8) is 0 Å². The van der Waals surface area contributed by atoms with E-state index >= 15 is 0 Å². The van der Waals surface area contributed by atoms with Gasteiger partial charge in [-0.15, -0.1) is 0 Å². The van der Waals surface area contributed by atoms with Gasteiger partial charge in [0.05, 0.1) is 17.8 Å². The summed E-state index contributed by atoms with van der Waals surface area (Å²) in [6.45, 7) is 1.52. The highest BCUT2D eigenvalue weighted by molar-refractivity contribution is 6.35. The molecule has 0 bridgehead atoms. The molecule has 0 aliphatic carbocycles. The first-order chi connectivity index (χ1) is 11.8. The summed E-state index contributed by atoms with van der Waals surface area (Å²) in [5.74, 6) is -1.35. The summed E-state index contributed by atoms with van der Waals surface area (Å²) in [4.78, 5) is 23.8. The molecule has 0 aliphatic heterocycles. The Balaban J connectivity index is 2.12. The third kappa shape index (κ3) is 4.55. The average molecular weight is 384 g/mol. The van der Waals surface area contributed by atoms with E-state index in [1.54, 1.807) is 12.1 Å². The molecule has 0 radical (unpaired) electrons. The van der Waals surface area contributed by atoms with Crippen molar-refractivity contribution in [1.29, 1.82) is 0 Å². The summed E-state index contributed by atoms with van der Waals surface area (Å²) < 4.78 is 10.1. The van der Waals surface area contributed by atoms with Gasteiger partial charge in [-0.1, -0.05) is 29.3 Å². The second kappa shape index (κ2) is 8.09. The Labute approximate surface area is 154 Å². The fraction of sp³-hybridized carbons (Fsp3) is 0.176. The zero-order chi connectivity index (χ0) is 18.6. The van der Waals surface area contributed by atoms with Gasteiger partial charge in [0.15, 0.2) is 11.9 Å². The average Bonchev–Trinajstić information content (AvgIpc) is 2.58. The molecule has 6 nitrogen and oxygen atoms in total. The second-order valence-corrected chi connectivity index (χ2v) is 5.86. The largest absolute Gasteiger partial charge is 0.505 e. The lowest BCUT2D eigenvalue weighted by Crippen LogP contribution is -2.30. The fourth-order valence-corrected chi connectivity index (χ4v) is 2.42. The van der Waals surface area contributed by atoms with E-state index in [2.05, 4.69) is 10.1 Å². The van der Waals surface area contributed by atoms with E-state index in [4.69, 9.17) is 27.9 Å². The highest BCUT2D eigenvalue weighted by Crippen LogP contribution is 2.30. The summed E-state index contributed by atoms with van der Waals surface area (Å²) in [5.41, 5.74) is 0.000158. The third-order valence-corrected chi connectivity index (χ3v) is 3.80. The highest BCUT2D eigenvalue weighted by atomic mass is 35.5. The van der Waals surface area contributed by atoms with Crippen LogP contribution in [0.1, 0.15) is 17.3 Å². The zero-order valence-electron chi connectivity index (χ0n) is 13.4. The maximum Gasteiger partial charge on any atom is 0.341 e. The van der Waals surface area contributed by atoms with Crippen molar-refractivity contribution in [3.8, 4) is 11.5 Å². The van der Waals surface area contributed by atoms with Crippen LogP contribution in [0.5, 0.6) is 11.5 Å². The van der Waals surface area contributed by atoms with Crippen LogP contribution in [-0.2, 0) is 9.53 Å². The quantitative estimate of drug-likeness (QED) is 0.604. The molecule has 1 atom stereocenters. The van der Waals surface area contributed by atoms with Gasteiger partial charge in [-0.3, -0.25) is 4.79 Å². The Morgan fingerprint density at radius 3 is 2.56 bits per heavy atom. The van der Waals surface area contributed by atoms with Crippen molar-refractivity contribution in [2.45, 2.75) is 13.0 Å². The zero-order valence-corrected chi connectivity index (χ0v) is 14.9. The Morgan fingerprint density at radius 2 is 1.92 bits per heavy atom. The molecule has 0 spiro atoms. The van der Waals surface area contributed by atoms with Gasteiger partial charge in [-0.05, 0) is 37.3 Å². The van der Waals surface area contributed by atoms with Crippen LogP contribution in [0, 0.1) is 0 Å². The molecule has 0 aliphatic rings. The lowest BCUT2D eigenvalue weighted by atomic mass is 10.1. The predicted octanol–water partition coefficient (Wildman–Crippen LogP) is 3.89. The molecule has 132 valence electrons. The number of methoxy groups -OCH3 is 1. The summed E-state index contributed by atoms with van der Waals surface area (Å²) in [6, 6.07) is 8.95. The molecule has 0 fully saturated rings. The molecule has 2 N–H and O–H groups in total. The molecular weight excluding hydrogens is 369 g/mol. The maximum atomic E-state index is 12.3. The fourth-order valence-electron chi connectivity index (χ4n) is 1.97. The molecule has 0 saturated heterocycles. The first-order valence-electron chi connectivity index (χ1n) is 7.16. The van der Waals surface area contributed by atoms with Crippen LogP contribution in [0.3, 0.4) is 0 Å². The van der Waals surface area contributed by atoms with E-state index in [9.17, 15) is 14.7 Å². The van der Waals surface area contributed by atoms with Crippen LogP contribution in [0.2, 0.25) is 10.0 Å². The van der Waals surface area contributed by atoms with Gasteiger partial charge in [0, 0.05) is 5.02 Å². The number of hydrogen-bond acceptors (Lipinski definition) is 5. The number of para-hydroxylation sites is 1. The number of rotatable bonds is 5. The predicted molar refractivity (Wildman–Crippen MR) is 94.6 cm³/mol. The number of carbonyl (C=O) groups is 2. The van der Waals surface area contributed by atoms with Gasteiger partial charge in [-0.2, -0.15) is 0 Å². The number of phenolic OH excluding ortho intramolecular Hbond substituents is 1. The molecular formula is C17H15Cl2NO5. The van der Waals surface area contributed by atoms with Gasteiger partial charge in [-0.25, -0.2) is 4.79 Å². The number of halogens is 2. The molecule has 1 unspecified atom stereocenters. The number of anilines is 1. The monoisotopic (exact) mass is 383 g/mol. The molecule has 2 aromatic rings. The second-order valence-electron chi connectivity index (χ2n) is 5.02. The normalized spacial score (nSPS) is 11.5. The number of carbonyl (C=O) groups excluding carboxylic acids is 2. The van der Waals surface area contributed by atoms with Gasteiger partial charge in [0.1, 0.15) is 11.3 Å². The van der Waals surface area contributed by atoms with Crippen LogP contribution in [-0.4, -0.2) is 30.2 Å². The maximum absolute atomic E-state index is 12.3. The van der Waals surface area contributed by atoms with Gasteiger partial charge in [0.2, 0.25) is 0 Å². The van der Waals surface area contributed by atoms with Crippen LogP contribution in [0.4, 0.5) is 5.69 Å². The van der Waals surface area contributed by atoms with Gasteiger partial charge in [0.25, 0.3) is 5.91 Å². The van der Waals surface area contributed by atoms with E-state index in [0.717, 1.165) is 0 Å². The van der Waals surface area contributed by atoms with E-state index in [-0.39, 0.29) is 22.0 Å². The third-order valence-electron chi connectivity index (χ3n) is 3.27. The van der Waals surface area contributed by atoms with E-state index in [1.807, 2.05) is 0 Å². The number of esters is 1. The molecule has 8 heteroatoms. The first kappa shape index (κ1) is 18.9. The molecule has 2 aromatic carbocycles. The highest BCUT2D eigenvalue weighted by Gasteiger charge is 2.20.